The van der Waals surface area contributed by atoms with Crippen LogP contribution in [0.1, 0.15) is 19.8 Å². The predicted molar refractivity (Wildman–Crippen MR) is 127 cm³/mol. The van der Waals surface area contributed by atoms with Crippen molar-refractivity contribution >= 4 is 56.4 Å². The van der Waals surface area contributed by atoms with Gasteiger partial charge in [0.1, 0.15) is 0 Å². The number of hydrogen-bond donors (Lipinski definition) is 0. The number of thiocarbonyl (C=S) groups is 1. The Morgan fingerprint density at radius 3 is 2.07 bits per heavy atom. The minimum atomic E-state index is 0.841. The third-order valence-corrected chi connectivity index (χ3v) is 6.08. The number of isothiocyanates is 1. The van der Waals surface area contributed by atoms with Gasteiger partial charge in [0, 0.05) is 4.90 Å². The molecule has 0 aromatic heterocycles. The molecule has 0 saturated heterocycles. The summed E-state index contributed by atoms with van der Waals surface area (Å²) >= 11 is 6.64. The van der Waals surface area contributed by atoms with E-state index < -0.39 is 0 Å². The molecule has 0 aliphatic carbocycles. The zero-order valence-electron chi connectivity index (χ0n) is 15.8. The minimum Gasteiger partial charge on any atom is -0.195 e. The highest BCUT2D eigenvalue weighted by atomic mass is 32.2. The van der Waals surface area contributed by atoms with Gasteiger partial charge < -0.3 is 0 Å². The van der Waals surface area contributed by atoms with Crippen molar-refractivity contribution in [2.75, 3.05) is 5.75 Å². The number of rotatable bonds is 6. The van der Waals surface area contributed by atoms with Crippen molar-refractivity contribution in [3.05, 3.63) is 72.8 Å². The summed E-state index contributed by atoms with van der Waals surface area (Å²) in [5, 5.41) is 7.36. The summed E-state index contributed by atoms with van der Waals surface area (Å²) < 4.78 is 0. The molecule has 0 atom stereocenters. The Labute approximate surface area is 175 Å². The summed E-state index contributed by atoms with van der Waals surface area (Å²) in [7, 11) is 0. The lowest BCUT2D eigenvalue weighted by Gasteiger charge is -2.08. The van der Waals surface area contributed by atoms with Gasteiger partial charge in [0.2, 0.25) is 0 Å². The number of unbranched alkanes of at least 4 members (excludes halogenated alkanes) is 1. The van der Waals surface area contributed by atoms with Crippen molar-refractivity contribution in [2.24, 2.45) is 4.99 Å². The largest absolute Gasteiger partial charge is 0.195 e. The third kappa shape index (κ3) is 4.18. The molecular weight excluding hydrogens is 378 g/mol. The number of benzene rings is 4. The molecule has 0 radical (unpaired) electrons. The van der Waals surface area contributed by atoms with E-state index >= 15 is 0 Å². The highest BCUT2D eigenvalue weighted by molar-refractivity contribution is 7.99. The second-order valence-electron chi connectivity index (χ2n) is 6.88. The molecule has 0 fully saturated rings. The molecule has 0 saturated carbocycles. The molecular formula is C25H21NS2. The number of thioether (sulfide) groups is 1. The minimum absolute atomic E-state index is 0.841. The first-order chi connectivity index (χ1) is 13.8. The molecule has 28 heavy (non-hydrogen) atoms. The van der Waals surface area contributed by atoms with Crippen LogP contribution in [0.3, 0.4) is 0 Å². The maximum absolute atomic E-state index is 4.70. The second kappa shape index (κ2) is 8.70. The molecule has 4 aromatic carbocycles. The average molecular weight is 400 g/mol. The first-order valence-corrected chi connectivity index (χ1v) is 10.9. The van der Waals surface area contributed by atoms with Crippen molar-refractivity contribution in [3.8, 4) is 11.1 Å². The summed E-state index contributed by atoms with van der Waals surface area (Å²) in [4.78, 5) is 5.42. The zero-order chi connectivity index (χ0) is 19.3. The van der Waals surface area contributed by atoms with E-state index in [0.29, 0.717) is 0 Å². The predicted octanol–water partition coefficient (Wildman–Crippen LogP) is 8.29. The topological polar surface area (TPSA) is 12.4 Å². The van der Waals surface area contributed by atoms with Crippen LogP contribution in [0.4, 0.5) is 5.69 Å². The fraction of sp³-hybridized carbons (Fsp3) is 0.160. The molecule has 4 rings (SSSR count). The van der Waals surface area contributed by atoms with Crippen LogP contribution in [0.5, 0.6) is 0 Å². The van der Waals surface area contributed by atoms with Gasteiger partial charge in [-0.25, -0.2) is 0 Å². The Bertz CT molecular complexity index is 1190. The summed E-state index contributed by atoms with van der Waals surface area (Å²) in [6.45, 7) is 2.24. The van der Waals surface area contributed by atoms with Gasteiger partial charge in [-0.2, -0.15) is 4.99 Å². The van der Waals surface area contributed by atoms with Gasteiger partial charge in [-0.3, -0.25) is 0 Å². The lowest BCUT2D eigenvalue weighted by atomic mass is 9.98. The molecule has 0 amide bonds. The van der Waals surface area contributed by atoms with Crippen LogP contribution in [-0.2, 0) is 0 Å². The van der Waals surface area contributed by atoms with Gasteiger partial charge >= 0.3 is 0 Å². The standard InChI is InChI=1S/C25H21NS2/c1-2-3-12-28-25-11-9-21-14-19(5-7-23(21)16-25)18-4-6-22-15-24(26-17-27)10-8-20(22)13-18/h4-11,13-16H,2-3,12H2,1H3. The normalized spacial score (nSPS) is 10.9. The van der Waals surface area contributed by atoms with Crippen LogP contribution >= 0.6 is 24.0 Å². The molecule has 0 aliphatic heterocycles. The van der Waals surface area contributed by atoms with Gasteiger partial charge in [-0.15, -0.1) is 11.8 Å². The van der Waals surface area contributed by atoms with Crippen molar-refractivity contribution in [1.82, 2.24) is 0 Å². The Morgan fingerprint density at radius 2 is 1.39 bits per heavy atom. The summed E-state index contributed by atoms with van der Waals surface area (Å²) in [5.74, 6) is 1.19. The SMILES string of the molecule is CCCCSc1ccc2cc(-c3ccc4cc(N=C=S)ccc4c3)ccc2c1. The quantitative estimate of drug-likeness (QED) is 0.140. The van der Waals surface area contributed by atoms with E-state index in [9.17, 15) is 0 Å². The fourth-order valence-corrected chi connectivity index (χ4v) is 4.51. The lowest BCUT2D eigenvalue weighted by Crippen LogP contribution is -1.82. The number of aliphatic imine (C=N–C) groups is 1. The van der Waals surface area contributed by atoms with Crippen LogP contribution in [0.15, 0.2) is 82.7 Å². The molecule has 0 bridgehead atoms. The molecule has 3 heteroatoms. The molecule has 1 nitrogen and oxygen atoms in total. The van der Waals surface area contributed by atoms with Crippen LogP contribution in [0.2, 0.25) is 0 Å². The van der Waals surface area contributed by atoms with E-state index in [-0.39, 0.29) is 0 Å². The first-order valence-electron chi connectivity index (χ1n) is 9.55. The molecule has 0 N–H and O–H groups in total. The van der Waals surface area contributed by atoms with Gasteiger partial charge in [0.05, 0.1) is 10.8 Å². The molecule has 4 aromatic rings. The van der Waals surface area contributed by atoms with Crippen molar-refractivity contribution in [3.63, 3.8) is 0 Å². The van der Waals surface area contributed by atoms with Crippen LogP contribution in [-0.4, -0.2) is 10.9 Å². The molecule has 0 heterocycles. The molecule has 0 unspecified atom stereocenters. The zero-order valence-corrected chi connectivity index (χ0v) is 17.4. The van der Waals surface area contributed by atoms with Gasteiger partial charge in [0.15, 0.2) is 0 Å². The smallest absolute Gasteiger partial charge is 0.0745 e. The number of hydrogen-bond acceptors (Lipinski definition) is 3. The third-order valence-electron chi connectivity index (χ3n) is 4.91. The second-order valence-corrected chi connectivity index (χ2v) is 8.23. The highest BCUT2D eigenvalue weighted by Gasteiger charge is 2.04. The van der Waals surface area contributed by atoms with Crippen molar-refractivity contribution in [1.29, 1.82) is 0 Å². The van der Waals surface area contributed by atoms with E-state index in [1.54, 1.807) is 0 Å². The van der Waals surface area contributed by atoms with E-state index in [2.05, 4.69) is 77.7 Å². The number of fused-ring (bicyclic) bond motifs is 2. The van der Waals surface area contributed by atoms with Gasteiger partial charge in [-0.05, 0) is 93.5 Å². The Morgan fingerprint density at radius 1 is 0.786 bits per heavy atom. The monoisotopic (exact) mass is 399 g/mol. The fourth-order valence-electron chi connectivity index (χ4n) is 3.36. The average Bonchev–Trinajstić information content (AvgIpc) is 2.73. The van der Waals surface area contributed by atoms with Crippen molar-refractivity contribution < 1.29 is 0 Å². The summed E-state index contributed by atoms with van der Waals surface area (Å²) in [6.07, 6.45) is 2.51. The maximum atomic E-state index is 4.70. The number of nitrogens with zero attached hydrogens (tertiary/aromatic N) is 1. The Balaban J connectivity index is 1.65. The maximum Gasteiger partial charge on any atom is 0.0745 e. The van der Waals surface area contributed by atoms with Gasteiger partial charge in [-0.1, -0.05) is 49.7 Å². The molecule has 138 valence electrons. The van der Waals surface area contributed by atoms with Crippen LogP contribution in [0.25, 0.3) is 32.7 Å². The van der Waals surface area contributed by atoms with Gasteiger partial charge in [0.25, 0.3) is 0 Å². The van der Waals surface area contributed by atoms with Crippen molar-refractivity contribution in [2.45, 2.75) is 24.7 Å². The summed E-state index contributed by atoms with van der Waals surface area (Å²) in [5.41, 5.74) is 3.30. The summed E-state index contributed by atoms with van der Waals surface area (Å²) in [6, 6.07) is 26.2. The Kier molecular flexibility index (Phi) is 5.87. The van der Waals surface area contributed by atoms with E-state index in [1.165, 1.54) is 50.8 Å². The molecule has 0 spiro atoms. The molecule has 0 aliphatic rings. The Hall–Kier alpha value is -2.45. The first kappa shape index (κ1) is 18.9. The van der Waals surface area contributed by atoms with Crippen LogP contribution < -0.4 is 0 Å². The lowest BCUT2D eigenvalue weighted by molar-refractivity contribution is 0.896. The van der Waals surface area contributed by atoms with Crippen LogP contribution in [0, 0.1) is 0 Å². The highest BCUT2D eigenvalue weighted by Crippen LogP contribution is 2.31. The van der Waals surface area contributed by atoms with E-state index in [1.807, 2.05) is 23.9 Å². The van der Waals surface area contributed by atoms with E-state index in [0.717, 1.165) is 11.1 Å². The van der Waals surface area contributed by atoms with E-state index in [4.69, 9.17) is 12.2 Å².